The van der Waals surface area contributed by atoms with Crippen molar-refractivity contribution in [1.82, 2.24) is 14.1 Å². The number of amides is 2. The monoisotopic (exact) mass is 452 g/mol. The van der Waals surface area contributed by atoms with E-state index in [9.17, 15) is 18.0 Å². The van der Waals surface area contributed by atoms with Gasteiger partial charge in [-0.1, -0.05) is 6.07 Å². The van der Waals surface area contributed by atoms with Gasteiger partial charge >= 0.3 is 0 Å². The standard InChI is InChI=1S/C21H32N4O5S/c1-16(24-9-5-6-17(15-24)21(27)23(2)3)20(26)22-18-7-4-8-19(14-18)31(28,29)25-10-12-30-13-11-25/h4,7-8,14,16-17H,5-6,9-13,15H2,1-3H3,(H,22,26). The molecule has 2 heterocycles. The van der Waals surface area contributed by atoms with Gasteiger partial charge in [-0.3, -0.25) is 14.5 Å². The summed E-state index contributed by atoms with van der Waals surface area (Å²) in [5, 5.41) is 2.84. The Morgan fingerprint density at radius 2 is 1.90 bits per heavy atom. The number of carbonyl (C=O) groups excluding carboxylic acids is 2. The van der Waals surface area contributed by atoms with Crippen molar-refractivity contribution < 1.29 is 22.7 Å². The molecule has 1 aromatic carbocycles. The Morgan fingerprint density at radius 3 is 2.58 bits per heavy atom. The lowest BCUT2D eigenvalue weighted by Crippen LogP contribution is -2.49. The molecule has 2 atom stereocenters. The van der Waals surface area contributed by atoms with E-state index in [0.29, 0.717) is 38.5 Å². The average Bonchev–Trinajstić information content (AvgIpc) is 2.78. The van der Waals surface area contributed by atoms with Gasteiger partial charge in [0.2, 0.25) is 21.8 Å². The maximum atomic E-state index is 12.9. The molecular formula is C21H32N4O5S. The number of nitrogens with zero attached hydrogens (tertiary/aromatic N) is 3. The fraction of sp³-hybridized carbons (Fsp3) is 0.619. The highest BCUT2D eigenvalue weighted by molar-refractivity contribution is 7.89. The molecule has 2 fully saturated rings. The summed E-state index contributed by atoms with van der Waals surface area (Å²) in [5.74, 6) is -0.252. The first-order valence-corrected chi connectivity index (χ1v) is 12.1. The number of nitrogens with one attached hydrogen (secondary N) is 1. The Labute approximate surface area is 184 Å². The summed E-state index contributed by atoms with van der Waals surface area (Å²) in [4.78, 5) is 28.9. The minimum absolute atomic E-state index is 0.0818. The van der Waals surface area contributed by atoms with Crippen molar-refractivity contribution in [3.63, 3.8) is 0 Å². The van der Waals surface area contributed by atoms with Gasteiger partial charge in [-0.05, 0) is 44.5 Å². The van der Waals surface area contributed by atoms with E-state index in [1.165, 1.54) is 16.4 Å². The number of likely N-dealkylation sites (tertiary alicyclic amines) is 1. The van der Waals surface area contributed by atoms with E-state index >= 15 is 0 Å². The van der Waals surface area contributed by atoms with Crippen LogP contribution in [-0.4, -0.2) is 93.9 Å². The number of rotatable bonds is 6. The van der Waals surface area contributed by atoms with Crippen molar-refractivity contribution >= 4 is 27.5 Å². The Bertz CT molecular complexity index is 899. The predicted molar refractivity (Wildman–Crippen MR) is 117 cm³/mol. The van der Waals surface area contributed by atoms with Gasteiger partial charge in [-0.2, -0.15) is 4.31 Å². The Kier molecular flexibility index (Phi) is 7.68. The molecule has 172 valence electrons. The molecule has 31 heavy (non-hydrogen) atoms. The quantitative estimate of drug-likeness (QED) is 0.687. The summed E-state index contributed by atoms with van der Waals surface area (Å²) in [6.07, 6.45) is 1.68. The van der Waals surface area contributed by atoms with Gasteiger partial charge in [0.1, 0.15) is 0 Å². The second-order valence-electron chi connectivity index (χ2n) is 8.28. The highest BCUT2D eigenvalue weighted by atomic mass is 32.2. The summed E-state index contributed by atoms with van der Waals surface area (Å²) in [7, 11) is -0.146. The molecule has 2 unspecified atom stereocenters. The van der Waals surface area contributed by atoms with Gasteiger partial charge in [0.25, 0.3) is 0 Å². The largest absolute Gasteiger partial charge is 0.379 e. The van der Waals surface area contributed by atoms with Gasteiger partial charge in [-0.15, -0.1) is 0 Å². The average molecular weight is 453 g/mol. The third-order valence-electron chi connectivity index (χ3n) is 5.88. The maximum Gasteiger partial charge on any atom is 0.243 e. The van der Waals surface area contributed by atoms with Crippen molar-refractivity contribution in [2.45, 2.75) is 30.7 Å². The van der Waals surface area contributed by atoms with E-state index in [0.717, 1.165) is 19.4 Å². The third-order valence-corrected chi connectivity index (χ3v) is 7.77. The molecule has 2 amide bonds. The molecule has 10 heteroatoms. The number of anilines is 1. The Balaban J connectivity index is 1.66. The summed E-state index contributed by atoms with van der Waals surface area (Å²) in [6.45, 7) is 4.48. The fourth-order valence-electron chi connectivity index (χ4n) is 4.01. The van der Waals surface area contributed by atoms with Crippen molar-refractivity contribution in [2.24, 2.45) is 5.92 Å². The molecule has 0 bridgehead atoms. The highest BCUT2D eigenvalue weighted by Crippen LogP contribution is 2.23. The lowest BCUT2D eigenvalue weighted by atomic mass is 9.95. The molecule has 0 saturated carbocycles. The van der Waals surface area contributed by atoms with Crippen LogP contribution >= 0.6 is 0 Å². The van der Waals surface area contributed by atoms with E-state index in [1.807, 2.05) is 11.8 Å². The number of ether oxygens (including phenoxy) is 1. The van der Waals surface area contributed by atoms with Crippen LogP contribution in [0.4, 0.5) is 5.69 Å². The number of hydrogen-bond acceptors (Lipinski definition) is 6. The molecule has 0 aliphatic carbocycles. The maximum absolute atomic E-state index is 12.9. The number of hydrogen-bond donors (Lipinski definition) is 1. The van der Waals surface area contributed by atoms with E-state index < -0.39 is 16.1 Å². The molecule has 2 saturated heterocycles. The van der Waals surface area contributed by atoms with Crippen LogP contribution in [0.3, 0.4) is 0 Å². The van der Waals surface area contributed by atoms with Crippen LogP contribution in [0.25, 0.3) is 0 Å². The SMILES string of the molecule is CC(C(=O)Nc1cccc(S(=O)(=O)N2CCOCC2)c1)N1CCCC(C(=O)N(C)C)C1. The molecular weight excluding hydrogens is 420 g/mol. The molecule has 0 radical (unpaired) electrons. The second kappa shape index (κ2) is 10.1. The zero-order chi connectivity index (χ0) is 22.6. The zero-order valence-electron chi connectivity index (χ0n) is 18.4. The number of sulfonamides is 1. The van der Waals surface area contributed by atoms with Crippen molar-refractivity contribution in [3.8, 4) is 0 Å². The second-order valence-corrected chi connectivity index (χ2v) is 10.2. The van der Waals surface area contributed by atoms with E-state index in [1.54, 1.807) is 31.1 Å². The molecule has 1 N–H and O–H groups in total. The predicted octanol–water partition coefficient (Wildman–Crippen LogP) is 0.835. The fourth-order valence-corrected chi connectivity index (χ4v) is 5.46. The minimum Gasteiger partial charge on any atom is -0.379 e. The first kappa shape index (κ1) is 23.6. The number of piperidine rings is 1. The van der Waals surface area contributed by atoms with Gasteiger partial charge in [0.15, 0.2) is 0 Å². The number of benzene rings is 1. The van der Waals surface area contributed by atoms with Gasteiger partial charge in [0.05, 0.1) is 30.1 Å². The zero-order valence-corrected chi connectivity index (χ0v) is 19.2. The summed E-state index contributed by atoms with van der Waals surface area (Å²) < 4.78 is 32.4. The van der Waals surface area contributed by atoms with Crippen molar-refractivity contribution in [1.29, 1.82) is 0 Å². The molecule has 2 aliphatic rings. The van der Waals surface area contributed by atoms with E-state index in [-0.39, 0.29) is 22.6 Å². The van der Waals surface area contributed by atoms with Crippen LogP contribution in [0.15, 0.2) is 29.2 Å². The molecule has 0 aromatic heterocycles. The number of morpholine rings is 1. The van der Waals surface area contributed by atoms with Gasteiger partial charge in [0, 0.05) is 39.4 Å². The topological polar surface area (TPSA) is 99.3 Å². The lowest BCUT2D eigenvalue weighted by Gasteiger charge is -2.36. The van der Waals surface area contributed by atoms with Crippen molar-refractivity contribution in [3.05, 3.63) is 24.3 Å². The van der Waals surface area contributed by atoms with E-state index in [4.69, 9.17) is 4.74 Å². The molecule has 9 nitrogen and oxygen atoms in total. The smallest absolute Gasteiger partial charge is 0.243 e. The summed E-state index contributed by atoms with van der Waals surface area (Å²) in [6, 6.07) is 5.89. The minimum atomic E-state index is -3.64. The Hall–Kier alpha value is -2.01. The van der Waals surface area contributed by atoms with Crippen LogP contribution in [0.2, 0.25) is 0 Å². The van der Waals surface area contributed by atoms with Gasteiger partial charge in [-0.25, -0.2) is 8.42 Å². The van der Waals surface area contributed by atoms with Crippen LogP contribution in [0.5, 0.6) is 0 Å². The lowest BCUT2D eigenvalue weighted by molar-refractivity contribution is -0.136. The third kappa shape index (κ3) is 5.62. The first-order valence-electron chi connectivity index (χ1n) is 10.6. The van der Waals surface area contributed by atoms with Crippen LogP contribution in [0.1, 0.15) is 19.8 Å². The summed E-state index contributed by atoms with van der Waals surface area (Å²) >= 11 is 0. The Morgan fingerprint density at radius 1 is 1.19 bits per heavy atom. The molecule has 2 aliphatic heterocycles. The molecule has 0 spiro atoms. The van der Waals surface area contributed by atoms with Gasteiger partial charge < -0.3 is 15.0 Å². The van der Waals surface area contributed by atoms with Crippen LogP contribution in [0, 0.1) is 5.92 Å². The van der Waals surface area contributed by atoms with E-state index in [2.05, 4.69) is 5.32 Å². The summed E-state index contributed by atoms with van der Waals surface area (Å²) in [5.41, 5.74) is 0.434. The molecule has 3 rings (SSSR count). The first-order chi connectivity index (χ1) is 14.7. The number of carbonyl (C=O) groups is 2. The van der Waals surface area contributed by atoms with Crippen LogP contribution < -0.4 is 5.32 Å². The highest BCUT2D eigenvalue weighted by Gasteiger charge is 2.32. The molecule has 1 aromatic rings. The normalized spacial score (nSPS) is 22.0. The van der Waals surface area contributed by atoms with Crippen LogP contribution in [-0.2, 0) is 24.3 Å². The van der Waals surface area contributed by atoms with Crippen molar-refractivity contribution in [2.75, 3.05) is 58.8 Å².